The highest BCUT2D eigenvalue weighted by atomic mass is 16.6. The zero-order valence-corrected chi connectivity index (χ0v) is 27.6. The lowest BCUT2D eigenvalue weighted by Crippen LogP contribution is -2.27. The van der Waals surface area contributed by atoms with Crippen molar-refractivity contribution in [2.24, 2.45) is 5.92 Å². The van der Waals surface area contributed by atoms with E-state index in [9.17, 15) is 9.59 Å². The predicted molar refractivity (Wildman–Crippen MR) is 171 cm³/mol. The molecule has 2 unspecified atom stereocenters. The fourth-order valence-corrected chi connectivity index (χ4v) is 5.19. The molecule has 0 aliphatic rings. The molecule has 0 aliphatic heterocycles. The van der Waals surface area contributed by atoms with Gasteiger partial charge in [0.25, 0.3) is 0 Å². The third kappa shape index (κ3) is 27.1. The Morgan fingerprint density at radius 1 is 0.600 bits per heavy atom. The van der Waals surface area contributed by atoms with Crippen molar-refractivity contribution in [2.75, 3.05) is 27.2 Å². The SMILES string of the molecule is CCCCCCCCCCCCCC(C)C(=O)OCC(CCCCCCCCCCC)OC(=O)CCCN(C)C. The molecule has 5 nitrogen and oxygen atoms in total. The molecule has 0 fully saturated rings. The number of hydrogen-bond donors (Lipinski definition) is 0. The molecule has 0 saturated heterocycles. The largest absolute Gasteiger partial charge is 0.462 e. The number of ether oxygens (including phenoxy) is 2. The Bertz CT molecular complexity index is 566. The molecule has 0 aromatic heterocycles. The van der Waals surface area contributed by atoms with Crippen molar-refractivity contribution in [3.05, 3.63) is 0 Å². The van der Waals surface area contributed by atoms with Crippen LogP contribution in [-0.4, -0.2) is 50.2 Å². The summed E-state index contributed by atoms with van der Waals surface area (Å²) >= 11 is 0. The monoisotopic (exact) mass is 568 g/mol. The summed E-state index contributed by atoms with van der Waals surface area (Å²) in [5.74, 6) is -0.414. The van der Waals surface area contributed by atoms with Gasteiger partial charge in [-0.25, -0.2) is 0 Å². The van der Waals surface area contributed by atoms with E-state index in [1.807, 2.05) is 21.0 Å². The summed E-state index contributed by atoms with van der Waals surface area (Å²) in [6.07, 6.45) is 28.3. The van der Waals surface area contributed by atoms with Gasteiger partial charge in [-0.1, -0.05) is 143 Å². The average Bonchev–Trinajstić information content (AvgIpc) is 2.93. The van der Waals surface area contributed by atoms with Crippen molar-refractivity contribution >= 4 is 11.9 Å². The van der Waals surface area contributed by atoms with Crippen molar-refractivity contribution in [3.8, 4) is 0 Å². The second-order valence-electron chi connectivity index (χ2n) is 12.5. The van der Waals surface area contributed by atoms with Gasteiger partial charge < -0.3 is 14.4 Å². The zero-order valence-electron chi connectivity index (χ0n) is 27.6. The standard InChI is InChI=1S/C35H69NO4/c1-6-8-10-12-14-16-17-19-20-22-24-27-32(3)35(38)39-31-33(40-34(37)29-26-30-36(4)5)28-25-23-21-18-15-13-11-9-7-2/h32-33H,6-31H2,1-5H3. The average molecular weight is 568 g/mol. The summed E-state index contributed by atoms with van der Waals surface area (Å²) < 4.78 is 11.4. The highest BCUT2D eigenvalue weighted by Crippen LogP contribution is 2.17. The third-order valence-corrected chi connectivity index (χ3v) is 7.97. The van der Waals surface area contributed by atoms with Crippen LogP contribution in [0.5, 0.6) is 0 Å². The van der Waals surface area contributed by atoms with Gasteiger partial charge in [0.1, 0.15) is 12.7 Å². The fraction of sp³-hybridized carbons (Fsp3) is 0.943. The molecular formula is C35H69NO4. The van der Waals surface area contributed by atoms with E-state index in [0.29, 0.717) is 6.42 Å². The molecule has 0 aromatic rings. The van der Waals surface area contributed by atoms with Crippen LogP contribution in [0.25, 0.3) is 0 Å². The first kappa shape index (κ1) is 38.9. The van der Waals surface area contributed by atoms with Crippen LogP contribution < -0.4 is 0 Å². The van der Waals surface area contributed by atoms with Crippen molar-refractivity contribution in [1.82, 2.24) is 4.90 Å². The van der Waals surface area contributed by atoms with Crippen LogP contribution in [0.3, 0.4) is 0 Å². The second-order valence-corrected chi connectivity index (χ2v) is 12.5. The van der Waals surface area contributed by atoms with Gasteiger partial charge in [-0.15, -0.1) is 0 Å². The number of nitrogens with zero attached hydrogens (tertiary/aromatic N) is 1. The maximum Gasteiger partial charge on any atom is 0.308 e. The van der Waals surface area contributed by atoms with Gasteiger partial charge in [0, 0.05) is 6.42 Å². The number of rotatable bonds is 30. The van der Waals surface area contributed by atoms with E-state index in [-0.39, 0.29) is 30.6 Å². The maximum atomic E-state index is 12.6. The Kier molecular flexibility index (Phi) is 28.6. The van der Waals surface area contributed by atoms with Crippen molar-refractivity contribution in [3.63, 3.8) is 0 Å². The molecule has 40 heavy (non-hydrogen) atoms. The van der Waals surface area contributed by atoms with Crippen LogP contribution >= 0.6 is 0 Å². The quantitative estimate of drug-likeness (QED) is 0.0638. The van der Waals surface area contributed by atoms with Crippen LogP contribution in [0.2, 0.25) is 0 Å². The van der Waals surface area contributed by atoms with Crippen molar-refractivity contribution in [1.29, 1.82) is 0 Å². The van der Waals surface area contributed by atoms with E-state index >= 15 is 0 Å². The summed E-state index contributed by atoms with van der Waals surface area (Å²) in [7, 11) is 4.02. The molecule has 238 valence electrons. The zero-order chi connectivity index (χ0) is 29.7. The molecule has 0 radical (unpaired) electrons. The molecule has 0 heterocycles. The lowest BCUT2D eigenvalue weighted by atomic mass is 10.0. The molecule has 0 aromatic carbocycles. The highest BCUT2D eigenvalue weighted by molar-refractivity contribution is 5.72. The maximum absolute atomic E-state index is 12.6. The Labute approximate surface area is 249 Å². The smallest absolute Gasteiger partial charge is 0.308 e. The summed E-state index contributed by atoms with van der Waals surface area (Å²) in [6.45, 7) is 7.55. The first-order valence-corrected chi connectivity index (χ1v) is 17.4. The topological polar surface area (TPSA) is 55.8 Å². The molecule has 0 saturated carbocycles. The van der Waals surface area contributed by atoms with Crippen LogP contribution in [0.1, 0.15) is 175 Å². The number of hydrogen-bond acceptors (Lipinski definition) is 5. The Morgan fingerprint density at radius 3 is 1.48 bits per heavy atom. The van der Waals surface area contributed by atoms with Crippen molar-refractivity contribution in [2.45, 2.75) is 181 Å². The third-order valence-electron chi connectivity index (χ3n) is 7.97. The van der Waals surface area contributed by atoms with E-state index in [0.717, 1.165) is 45.1 Å². The fourth-order valence-electron chi connectivity index (χ4n) is 5.19. The Hall–Kier alpha value is -1.10. The normalized spacial score (nSPS) is 12.9. The number of esters is 2. The lowest BCUT2D eigenvalue weighted by molar-refractivity contribution is -0.161. The van der Waals surface area contributed by atoms with Gasteiger partial charge in [0.2, 0.25) is 0 Å². The first-order valence-electron chi connectivity index (χ1n) is 17.4. The van der Waals surface area contributed by atoms with Crippen LogP contribution in [-0.2, 0) is 19.1 Å². The van der Waals surface area contributed by atoms with Crippen LogP contribution in [0.4, 0.5) is 0 Å². The highest BCUT2D eigenvalue weighted by Gasteiger charge is 2.20. The molecule has 2 atom stereocenters. The van der Waals surface area contributed by atoms with Crippen LogP contribution in [0.15, 0.2) is 0 Å². The molecule has 0 amide bonds. The van der Waals surface area contributed by atoms with Gasteiger partial charge >= 0.3 is 11.9 Å². The van der Waals surface area contributed by atoms with E-state index < -0.39 is 0 Å². The minimum absolute atomic E-state index is 0.0947. The summed E-state index contributed by atoms with van der Waals surface area (Å²) in [4.78, 5) is 27.1. The molecule has 5 heteroatoms. The molecule has 0 N–H and O–H groups in total. The van der Waals surface area contributed by atoms with Gasteiger partial charge in [0.05, 0.1) is 5.92 Å². The summed E-state index contributed by atoms with van der Waals surface area (Å²) in [5.41, 5.74) is 0. The van der Waals surface area contributed by atoms with E-state index in [1.165, 1.54) is 109 Å². The minimum atomic E-state index is -0.325. The molecule has 0 spiro atoms. The predicted octanol–water partition coefficient (Wildman–Crippen LogP) is 10.0. The van der Waals surface area contributed by atoms with Gasteiger partial charge in [-0.3, -0.25) is 9.59 Å². The van der Waals surface area contributed by atoms with Crippen LogP contribution in [0, 0.1) is 5.92 Å². The number of unbranched alkanes of at least 4 members (excludes halogenated alkanes) is 18. The Balaban J connectivity index is 4.21. The van der Waals surface area contributed by atoms with Gasteiger partial charge in [-0.05, 0) is 46.3 Å². The number of carbonyl (C=O) groups excluding carboxylic acids is 2. The van der Waals surface area contributed by atoms with E-state index in [1.54, 1.807) is 0 Å². The van der Waals surface area contributed by atoms with Gasteiger partial charge in [-0.2, -0.15) is 0 Å². The second kappa shape index (κ2) is 29.4. The summed E-state index contributed by atoms with van der Waals surface area (Å²) in [6, 6.07) is 0. The van der Waals surface area contributed by atoms with E-state index in [2.05, 4.69) is 18.7 Å². The first-order chi connectivity index (χ1) is 19.4. The minimum Gasteiger partial charge on any atom is -0.462 e. The van der Waals surface area contributed by atoms with Crippen molar-refractivity contribution < 1.29 is 19.1 Å². The summed E-state index contributed by atoms with van der Waals surface area (Å²) in [5, 5.41) is 0. The lowest BCUT2D eigenvalue weighted by Gasteiger charge is -2.20. The molecule has 0 bridgehead atoms. The Morgan fingerprint density at radius 2 is 1.02 bits per heavy atom. The number of carbonyl (C=O) groups is 2. The molecule has 0 rings (SSSR count). The molecule has 0 aliphatic carbocycles. The van der Waals surface area contributed by atoms with E-state index in [4.69, 9.17) is 9.47 Å². The molecular weight excluding hydrogens is 498 g/mol. The van der Waals surface area contributed by atoms with Gasteiger partial charge in [0.15, 0.2) is 0 Å².